The Balaban J connectivity index is 0.000000270. The lowest BCUT2D eigenvalue weighted by molar-refractivity contribution is 0.0228. The Morgan fingerprint density at radius 1 is 0.537 bits per heavy atom. The number of aromatic nitrogens is 4. The summed E-state index contributed by atoms with van der Waals surface area (Å²) < 4.78 is 5.24. The quantitative estimate of drug-likeness (QED) is 0.0683. The third-order valence-electron chi connectivity index (χ3n) is 11.7. The minimum absolute atomic E-state index is 0.00574. The van der Waals surface area contributed by atoms with E-state index in [2.05, 4.69) is 117 Å². The molecule has 8 rings (SSSR count). The number of alkyl halides is 2. The second kappa shape index (κ2) is 36.5. The molecular formula is C57H78Cl5N13O5. The third-order valence-corrected chi connectivity index (χ3v) is 12.3. The molecule has 0 bridgehead atoms. The predicted molar refractivity (Wildman–Crippen MR) is 327 cm³/mol. The summed E-state index contributed by atoms with van der Waals surface area (Å²) in [6.07, 6.45) is 1.31. The maximum Gasteiger partial charge on any atom is 0.410 e. The van der Waals surface area contributed by atoms with Crippen molar-refractivity contribution in [2.75, 3.05) is 94.1 Å². The van der Waals surface area contributed by atoms with Gasteiger partial charge >= 0.3 is 18.2 Å². The number of carbonyl (C=O) groups excluding carboxylic acids is 4. The average molecular weight is 1200 g/mol. The molecule has 5 aromatic rings. The van der Waals surface area contributed by atoms with E-state index in [1.54, 1.807) is 30.0 Å². The van der Waals surface area contributed by atoms with Crippen molar-refractivity contribution in [1.82, 2.24) is 45.7 Å². The van der Waals surface area contributed by atoms with Crippen LogP contribution in [0, 0.1) is 0 Å². The fourth-order valence-corrected chi connectivity index (χ4v) is 7.55. The minimum atomic E-state index is -0.387. The zero-order valence-electron chi connectivity index (χ0n) is 47.5. The van der Waals surface area contributed by atoms with Gasteiger partial charge in [-0.1, -0.05) is 113 Å². The van der Waals surface area contributed by atoms with Gasteiger partial charge in [0, 0.05) is 89.9 Å². The monoisotopic (exact) mass is 1200 g/mol. The van der Waals surface area contributed by atoms with Gasteiger partial charge in [0.1, 0.15) is 10.4 Å². The van der Waals surface area contributed by atoms with E-state index in [4.69, 9.17) is 62.7 Å². The van der Waals surface area contributed by atoms with Gasteiger partial charge in [0.25, 0.3) is 0 Å². The summed E-state index contributed by atoms with van der Waals surface area (Å²) >= 11 is 26.6. The van der Waals surface area contributed by atoms with Crippen LogP contribution < -0.4 is 26.2 Å². The van der Waals surface area contributed by atoms with Gasteiger partial charge in [-0.3, -0.25) is 0 Å². The Bertz CT molecular complexity index is 2580. The zero-order chi connectivity index (χ0) is 59.2. The van der Waals surface area contributed by atoms with E-state index in [0.29, 0.717) is 52.0 Å². The van der Waals surface area contributed by atoms with Crippen LogP contribution in [0.2, 0.25) is 15.5 Å². The molecular weight excluding hydrogens is 1120 g/mol. The third kappa shape index (κ3) is 28.1. The fourth-order valence-electron chi connectivity index (χ4n) is 7.25. The molecule has 23 heteroatoms. The first-order chi connectivity index (χ1) is 37.9. The van der Waals surface area contributed by atoms with Gasteiger partial charge in [0.15, 0.2) is 21.3 Å². The molecule has 3 aliphatic heterocycles. The number of nitrogens with one attached hydrogen (secondary N) is 4. The lowest BCUT2D eigenvalue weighted by atomic mass is 10.0. The number of benzene rings is 3. The molecule has 0 radical (unpaired) electrons. The Hall–Kier alpha value is -5.82. The Morgan fingerprint density at radius 2 is 0.887 bits per heavy atom. The lowest BCUT2D eigenvalue weighted by Gasteiger charge is -2.35. The van der Waals surface area contributed by atoms with Crippen molar-refractivity contribution < 1.29 is 23.9 Å². The van der Waals surface area contributed by atoms with Crippen LogP contribution in [0.15, 0.2) is 102 Å². The standard InChI is InChI=1S/C18H22ClN5O.C14H21N3O.C10H11NO.C9H18N2O2.C4H2Cl2N2.C2H4Cl2/c1-13(2)14-3-5-15(6-4-14)20-18(25)24-11-9-23(10-12-24)17-8-7-16(19)21-22-17;1-11(2)12-3-5-13(6-4-12)16-14(18)17-9-7-15-8-10-17;1-8(2)9-3-5-10(6-4-9)11-7-12;1-9(2,3)13-8(12)11-6-4-10-5-7-11;5-3-1-2-4(6)8-7-3;1-2(3)4/h3-8,13H,9-12H2,1-2H3,(H,20,25);3-6,11,15H,7-10H2,1-2H3,(H,16,18);3-6,8H,1-2H3;10H,4-7H2,1-3H3;1-2H;2H,1H3. The molecule has 0 aliphatic carbocycles. The van der Waals surface area contributed by atoms with Gasteiger partial charge in [-0.05, 0) is 123 Å². The molecule has 3 aliphatic rings. The Morgan fingerprint density at radius 3 is 1.23 bits per heavy atom. The molecule has 3 aromatic carbocycles. The molecule has 0 spiro atoms. The van der Waals surface area contributed by atoms with Gasteiger partial charge in [0.2, 0.25) is 6.08 Å². The van der Waals surface area contributed by atoms with Crippen LogP contribution in [0.25, 0.3) is 0 Å². The number of nitrogens with zero attached hydrogens (tertiary/aromatic N) is 9. The van der Waals surface area contributed by atoms with E-state index in [1.165, 1.54) is 22.8 Å². The highest BCUT2D eigenvalue weighted by molar-refractivity contribution is 6.43. The summed E-state index contributed by atoms with van der Waals surface area (Å²) in [6, 6.07) is 30.3. The van der Waals surface area contributed by atoms with Crippen molar-refractivity contribution >= 4 is 105 Å². The Labute approximate surface area is 497 Å². The van der Waals surface area contributed by atoms with Crippen LogP contribution in [-0.4, -0.2) is 148 Å². The molecule has 0 unspecified atom stereocenters. The van der Waals surface area contributed by atoms with Crippen molar-refractivity contribution in [2.24, 2.45) is 4.99 Å². The summed E-state index contributed by atoms with van der Waals surface area (Å²) in [5.74, 6) is 2.30. The van der Waals surface area contributed by atoms with Crippen LogP contribution in [0.3, 0.4) is 0 Å². The lowest BCUT2D eigenvalue weighted by Crippen LogP contribution is -2.50. The molecule has 4 N–H and O–H groups in total. The topological polar surface area (TPSA) is 203 Å². The number of urea groups is 2. The number of halogens is 5. The molecule has 0 atom stereocenters. The Kier molecular flexibility index (Phi) is 31.2. The van der Waals surface area contributed by atoms with Crippen LogP contribution in [-0.2, 0) is 9.53 Å². The van der Waals surface area contributed by atoms with Crippen molar-refractivity contribution in [2.45, 2.75) is 97.4 Å². The summed E-state index contributed by atoms with van der Waals surface area (Å²) in [5, 5.41) is 28.3. The second-order valence-corrected chi connectivity index (χ2v) is 22.9. The smallest absolute Gasteiger partial charge is 0.410 e. The van der Waals surface area contributed by atoms with E-state index >= 15 is 0 Å². The average Bonchev–Trinajstić information content (AvgIpc) is 3.43. The van der Waals surface area contributed by atoms with Crippen LogP contribution >= 0.6 is 58.0 Å². The first-order valence-electron chi connectivity index (χ1n) is 26.5. The number of piperazine rings is 3. The van der Waals surface area contributed by atoms with Gasteiger partial charge in [-0.25, -0.2) is 19.2 Å². The van der Waals surface area contributed by atoms with Crippen LogP contribution in [0.5, 0.6) is 0 Å². The summed E-state index contributed by atoms with van der Waals surface area (Å²) in [5.41, 5.74) is 5.76. The molecule has 5 heterocycles. The summed E-state index contributed by atoms with van der Waals surface area (Å²) in [7, 11) is 0. The van der Waals surface area contributed by atoms with Gasteiger partial charge in [-0.15, -0.1) is 43.6 Å². The number of hydrogen-bond donors (Lipinski definition) is 4. The highest BCUT2D eigenvalue weighted by atomic mass is 35.5. The second-order valence-electron chi connectivity index (χ2n) is 20.2. The summed E-state index contributed by atoms with van der Waals surface area (Å²) in [4.78, 5) is 56.6. The number of hydrogen-bond acceptors (Lipinski definition) is 13. The predicted octanol–water partition coefficient (Wildman–Crippen LogP) is 13.1. The van der Waals surface area contributed by atoms with Crippen molar-refractivity contribution in [3.05, 3.63) is 129 Å². The largest absolute Gasteiger partial charge is 0.444 e. The molecule has 3 fully saturated rings. The van der Waals surface area contributed by atoms with Crippen LogP contribution in [0.4, 0.5) is 37.3 Å². The summed E-state index contributed by atoms with van der Waals surface area (Å²) in [6.45, 7) is 29.4. The number of isocyanates is 1. The molecule has 3 saturated heterocycles. The van der Waals surface area contributed by atoms with E-state index in [9.17, 15) is 19.2 Å². The molecule has 2 aromatic heterocycles. The molecule has 80 heavy (non-hydrogen) atoms. The normalized spacial score (nSPS) is 14.0. The van der Waals surface area contributed by atoms with Crippen molar-refractivity contribution in [3.63, 3.8) is 0 Å². The van der Waals surface area contributed by atoms with Crippen LogP contribution in [0.1, 0.15) is 104 Å². The van der Waals surface area contributed by atoms with Crippen molar-refractivity contribution in [1.29, 1.82) is 0 Å². The van der Waals surface area contributed by atoms with Gasteiger partial charge in [-0.2, -0.15) is 4.99 Å². The highest BCUT2D eigenvalue weighted by Crippen LogP contribution is 2.21. The number of anilines is 3. The van der Waals surface area contributed by atoms with E-state index in [0.717, 1.165) is 82.6 Å². The molecule has 0 saturated carbocycles. The SMILES string of the molecule is CC(C)(C)OC(=O)N1CCNCC1.CC(C)c1ccc(N=C=O)cc1.CC(C)c1ccc(NC(=O)N2CCN(c3ccc(Cl)nn3)CC2)cc1.CC(C)c1ccc(NC(=O)N2CCNCC2)cc1.CC(Cl)Cl.Clc1ccc(Cl)nn1. The number of ether oxygens (including phenoxy) is 1. The van der Waals surface area contributed by atoms with E-state index in [-0.39, 0.29) is 28.6 Å². The number of aliphatic imine (C=N–C) groups is 1. The first-order valence-corrected chi connectivity index (χ1v) is 28.5. The number of carbonyl (C=O) groups is 3. The maximum atomic E-state index is 12.4. The highest BCUT2D eigenvalue weighted by Gasteiger charge is 2.24. The van der Waals surface area contributed by atoms with Crippen molar-refractivity contribution in [3.8, 4) is 0 Å². The van der Waals surface area contributed by atoms with Gasteiger partial charge < -0.3 is 45.6 Å². The zero-order valence-corrected chi connectivity index (χ0v) is 51.3. The number of amides is 5. The minimum Gasteiger partial charge on any atom is -0.444 e. The van der Waals surface area contributed by atoms with Gasteiger partial charge in [0.05, 0.1) is 5.69 Å². The molecule has 18 nitrogen and oxygen atoms in total. The van der Waals surface area contributed by atoms with E-state index < -0.39 is 0 Å². The number of rotatable bonds is 7. The first kappa shape index (κ1) is 68.5. The van der Waals surface area contributed by atoms with E-state index in [1.807, 2.05) is 85.2 Å². The maximum absolute atomic E-state index is 12.4. The molecule has 436 valence electrons. The molecule has 5 amide bonds. The fraction of sp³-hybridized carbons (Fsp3) is 0.474.